The van der Waals surface area contributed by atoms with E-state index in [-0.39, 0.29) is 18.3 Å². The number of fused-ring (bicyclic) bond motifs is 1. The average Bonchev–Trinajstić information content (AvgIpc) is 3.28. The van der Waals surface area contributed by atoms with Crippen LogP contribution < -0.4 is 5.32 Å². The van der Waals surface area contributed by atoms with E-state index in [9.17, 15) is 9.18 Å². The molecule has 0 atom stereocenters. The Morgan fingerprint density at radius 2 is 2.00 bits per heavy atom. The smallest absolute Gasteiger partial charge is 0.269 e. The van der Waals surface area contributed by atoms with Gasteiger partial charge >= 0.3 is 0 Å². The van der Waals surface area contributed by atoms with Gasteiger partial charge in [-0.05, 0) is 42.5 Å². The lowest BCUT2D eigenvalue weighted by molar-refractivity contribution is 0.0944. The van der Waals surface area contributed by atoms with Gasteiger partial charge in [0.1, 0.15) is 11.5 Å². The van der Waals surface area contributed by atoms with Crippen LogP contribution in [0.2, 0.25) is 0 Å². The molecule has 0 spiro atoms. The molecular weight excluding hydrogens is 323 g/mol. The SMILES string of the molecule is O=C(NCc1nnc2ccccn12)c1cc(-c2ccc(F)cc2)n[nH]1. The van der Waals surface area contributed by atoms with Gasteiger partial charge in [-0.25, -0.2) is 4.39 Å². The molecule has 0 aliphatic carbocycles. The summed E-state index contributed by atoms with van der Waals surface area (Å²) in [5.74, 6) is -0.00597. The van der Waals surface area contributed by atoms with Crippen molar-refractivity contribution in [3.05, 3.63) is 72.1 Å². The number of hydrogen-bond donors (Lipinski definition) is 2. The Labute approximate surface area is 141 Å². The van der Waals surface area contributed by atoms with Crippen molar-refractivity contribution in [2.24, 2.45) is 0 Å². The minimum absolute atomic E-state index is 0.231. The molecule has 25 heavy (non-hydrogen) atoms. The molecule has 3 aromatic heterocycles. The summed E-state index contributed by atoms with van der Waals surface area (Å²) in [5, 5.41) is 17.6. The van der Waals surface area contributed by atoms with Gasteiger partial charge in [0.15, 0.2) is 11.5 Å². The van der Waals surface area contributed by atoms with Crippen LogP contribution >= 0.6 is 0 Å². The number of rotatable bonds is 4. The number of benzene rings is 1. The fourth-order valence-corrected chi connectivity index (χ4v) is 2.47. The fourth-order valence-electron chi connectivity index (χ4n) is 2.47. The van der Waals surface area contributed by atoms with Crippen LogP contribution in [0.15, 0.2) is 54.7 Å². The molecule has 1 aromatic carbocycles. The third kappa shape index (κ3) is 2.97. The molecule has 1 amide bonds. The zero-order valence-electron chi connectivity index (χ0n) is 13.0. The highest BCUT2D eigenvalue weighted by atomic mass is 19.1. The first kappa shape index (κ1) is 15.0. The first-order valence-corrected chi connectivity index (χ1v) is 7.59. The Kier molecular flexibility index (Phi) is 3.70. The van der Waals surface area contributed by atoms with E-state index in [4.69, 9.17) is 0 Å². The normalized spacial score (nSPS) is 10.9. The zero-order chi connectivity index (χ0) is 17.2. The topological polar surface area (TPSA) is 88.0 Å². The first-order chi connectivity index (χ1) is 12.2. The molecular formula is C17H13FN6O. The van der Waals surface area contributed by atoms with Crippen LogP contribution in [0, 0.1) is 5.82 Å². The number of aromatic nitrogens is 5. The van der Waals surface area contributed by atoms with Crippen molar-refractivity contribution in [3.8, 4) is 11.3 Å². The Bertz CT molecular complexity index is 1040. The molecule has 7 nitrogen and oxygen atoms in total. The van der Waals surface area contributed by atoms with E-state index in [0.29, 0.717) is 22.9 Å². The van der Waals surface area contributed by atoms with Crippen molar-refractivity contribution in [3.63, 3.8) is 0 Å². The number of nitrogens with one attached hydrogen (secondary N) is 2. The molecule has 4 rings (SSSR count). The van der Waals surface area contributed by atoms with E-state index >= 15 is 0 Å². The Morgan fingerprint density at radius 3 is 2.84 bits per heavy atom. The number of pyridine rings is 1. The highest BCUT2D eigenvalue weighted by Crippen LogP contribution is 2.18. The van der Waals surface area contributed by atoms with Gasteiger partial charge in [-0.2, -0.15) is 5.10 Å². The van der Waals surface area contributed by atoms with E-state index < -0.39 is 0 Å². The third-order valence-electron chi connectivity index (χ3n) is 3.75. The number of carbonyl (C=O) groups excluding carboxylic acids is 1. The Morgan fingerprint density at radius 1 is 1.16 bits per heavy atom. The fraction of sp³-hybridized carbons (Fsp3) is 0.0588. The van der Waals surface area contributed by atoms with Crippen LogP contribution in [-0.2, 0) is 6.54 Å². The standard InChI is InChI=1S/C17H13FN6O/c18-12-6-4-11(5-7-12)13-9-14(21-20-13)17(25)19-10-16-23-22-15-3-1-2-8-24(15)16/h1-9H,10H2,(H,19,25)(H,20,21). The highest BCUT2D eigenvalue weighted by molar-refractivity contribution is 5.93. The summed E-state index contributed by atoms with van der Waals surface area (Å²) in [6.07, 6.45) is 1.83. The second-order valence-corrected chi connectivity index (χ2v) is 5.40. The van der Waals surface area contributed by atoms with Crippen molar-refractivity contribution in [1.82, 2.24) is 30.1 Å². The monoisotopic (exact) mass is 336 g/mol. The molecule has 8 heteroatoms. The average molecular weight is 336 g/mol. The highest BCUT2D eigenvalue weighted by Gasteiger charge is 2.12. The molecule has 0 fully saturated rings. The van der Waals surface area contributed by atoms with Crippen molar-refractivity contribution >= 4 is 11.6 Å². The Balaban J connectivity index is 1.47. The molecule has 2 N–H and O–H groups in total. The summed E-state index contributed by atoms with van der Waals surface area (Å²) in [7, 11) is 0. The number of amides is 1. The van der Waals surface area contributed by atoms with Crippen LogP contribution in [0.4, 0.5) is 4.39 Å². The van der Waals surface area contributed by atoms with Crippen LogP contribution in [0.25, 0.3) is 16.9 Å². The van der Waals surface area contributed by atoms with Gasteiger partial charge in [0, 0.05) is 11.8 Å². The maximum absolute atomic E-state index is 13.0. The molecule has 0 bridgehead atoms. The number of hydrogen-bond acceptors (Lipinski definition) is 4. The summed E-state index contributed by atoms with van der Waals surface area (Å²) in [6, 6.07) is 13.1. The van der Waals surface area contributed by atoms with Crippen molar-refractivity contribution in [2.45, 2.75) is 6.54 Å². The maximum Gasteiger partial charge on any atom is 0.269 e. The second kappa shape index (κ2) is 6.16. The maximum atomic E-state index is 13.0. The largest absolute Gasteiger partial charge is 0.343 e. The third-order valence-corrected chi connectivity index (χ3v) is 3.75. The number of carbonyl (C=O) groups is 1. The molecule has 0 aliphatic rings. The number of halogens is 1. The molecule has 0 radical (unpaired) electrons. The lowest BCUT2D eigenvalue weighted by Crippen LogP contribution is -2.24. The summed E-state index contributed by atoms with van der Waals surface area (Å²) in [6.45, 7) is 0.231. The van der Waals surface area contributed by atoms with E-state index in [1.54, 1.807) is 22.6 Å². The summed E-state index contributed by atoms with van der Waals surface area (Å²) < 4.78 is 14.8. The van der Waals surface area contributed by atoms with E-state index in [2.05, 4.69) is 25.7 Å². The quantitative estimate of drug-likeness (QED) is 0.598. The van der Waals surface area contributed by atoms with Crippen molar-refractivity contribution in [2.75, 3.05) is 0 Å². The van der Waals surface area contributed by atoms with Crippen LogP contribution in [0.3, 0.4) is 0 Å². The van der Waals surface area contributed by atoms with Gasteiger partial charge in [-0.1, -0.05) is 6.07 Å². The minimum atomic E-state index is -0.321. The number of H-pyrrole nitrogens is 1. The molecule has 4 aromatic rings. The van der Waals surface area contributed by atoms with Crippen LogP contribution in [0.1, 0.15) is 16.3 Å². The van der Waals surface area contributed by atoms with Gasteiger partial charge in [0.25, 0.3) is 5.91 Å². The first-order valence-electron chi connectivity index (χ1n) is 7.59. The van der Waals surface area contributed by atoms with E-state index in [1.165, 1.54) is 12.1 Å². The van der Waals surface area contributed by atoms with Gasteiger partial charge in [-0.15, -0.1) is 10.2 Å². The lowest BCUT2D eigenvalue weighted by atomic mass is 10.1. The predicted molar refractivity (Wildman–Crippen MR) is 88.1 cm³/mol. The van der Waals surface area contributed by atoms with Gasteiger partial charge in [0.2, 0.25) is 0 Å². The molecule has 124 valence electrons. The van der Waals surface area contributed by atoms with Gasteiger partial charge in [0.05, 0.1) is 12.2 Å². The van der Waals surface area contributed by atoms with Crippen molar-refractivity contribution in [1.29, 1.82) is 0 Å². The Hall–Kier alpha value is -3.55. The van der Waals surface area contributed by atoms with E-state index in [0.717, 1.165) is 5.56 Å². The number of nitrogens with zero attached hydrogens (tertiary/aromatic N) is 4. The summed E-state index contributed by atoms with van der Waals surface area (Å²) in [5.41, 5.74) is 2.32. The summed E-state index contributed by atoms with van der Waals surface area (Å²) >= 11 is 0. The van der Waals surface area contributed by atoms with Gasteiger partial charge < -0.3 is 5.32 Å². The molecule has 0 saturated heterocycles. The summed E-state index contributed by atoms with van der Waals surface area (Å²) in [4.78, 5) is 12.3. The van der Waals surface area contributed by atoms with E-state index in [1.807, 2.05) is 24.4 Å². The van der Waals surface area contributed by atoms with Crippen LogP contribution in [0.5, 0.6) is 0 Å². The minimum Gasteiger partial charge on any atom is -0.343 e. The molecule has 3 heterocycles. The van der Waals surface area contributed by atoms with Crippen LogP contribution in [-0.4, -0.2) is 30.7 Å². The second-order valence-electron chi connectivity index (χ2n) is 5.40. The lowest BCUT2D eigenvalue weighted by Gasteiger charge is -2.02. The number of aromatic amines is 1. The molecule has 0 unspecified atom stereocenters. The molecule has 0 saturated carbocycles. The molecule has 0 aliphatic heterocycles. The zero-order valence-corrected chi connectivity index (χ0v) is 13.0. The predicted octanol–water partition coefficient (Wildman–Crippen LogP) is 2.19. The van der Waals surface area contributed by atoms with Crippen molar-refractivity contribution < 1.29 is 9.18 Å². The van der Waals surface area contributed by atoms with Gasteiger partial charge in [-0.3, -0.25) is 14.3 Å².